The molecule has 2 aromatic rings. The van der Waals surface area contributed by atoms with Crippen LogP contribution in [0.1, 0.15) is 32.3 Å². The topological polar surface area (TPSA) is 49.9 Å². The quantitative estimate of drug-likeness (QED) is 0.641. The summed E-state index contributed by atoms with van der Waals surface area (Å²) in [7, 11) is 0. The number of nitrogens with zero attached hydrogens (tertiary/aromatic N) is 2. The fourth-order valence-electron chi connectivity index (χ4n) is 3.91. The lowest BCUT2D eigenvalue weighted by molar-refractivity contribution is -0.135. The minimum atomic E-state index is 0.0207. The molecular formula is C26H32N2O3. The number of amides is 2. The largest absolute Gasteiger partial charge is 0.484 e. The number of hydrogen-bond acceptors (Lipinski definition) is 3. The molecule has 1 saturated heterocycles. The van der Waals surface area contributed by atoms with Crippen LogP contribution in [0, 0.1) is 5.92 Å². The summed E-state index contributed by atoms with van der Waals surface area (Å²) in [5.41, 5.74) is 2.31. The molecule has 0 unspecified atom stereocenters. The van der Waals surface area contributed by atoms with E-state index in [4.69, 9.17) is 4.74 Å². The van der Waals surface area contributed by atoms with Gasteiger partial charge >= 0.3 is 0 Å². The van der Waals surface area contributed by atoms with Crippen molar-refractivity contribution < 1.29 is 14.3 Å². The van der Waals surface area contributed by atoms with Gasteiger partial charge in [0, 0.05) is 33.1 Å². The Morgan fingerprint density at radius 3 is 2.23 bits per heavy atom. The van der Waals surface area contributed by atoms with Crippen molar-refractivity contribution in [3.8, 4) is 5.75 Å². The normalized spacial score (nSPS) is 14.9. The van der Waals surface area contributed by atoms with E-state index in [2.05, 4.69) is 25.1 Å². The van der Waals surface area contributed by atoms with Crippen LogP contribution >= 0.6 is 0 Å². The highest BCUT2D eigenvalue weighted by Crippen LogP contribution is 2.20. The second-order valence-corrected chi connectivity index (χ2v) is 8.23. The molecule has 0 spiro atoms. The second kappa shape index (κ2) is 11.3. The zero-order chi connectivity index (χ0) is 22.1. The number of benzene rings is 2. The molecule has 0 saturated carbocycles. The molecule has 5 nitrogen and oxygen atoms in total. The van der Waals surface area contributed by atoms with Crippen LogP contribution in [-0.2, 0) is 9.59 Å². The van der Waals surface area contributed by atoms with Gasteiger partial charge in [0.25, 0.3) is 5.91 Å². The molecule has 0 bridgehead atoms. The van der Waals surface area contributed by atoms with Crippen molar-refractivity contribution in [1.82, 2.24) is 9.80 Å². The van der Waals surface area contributed by atoms with E-state index in [-0.39, 0.29) is 18.4 Å². The van der Waals surface area contributed by atoms with Gasteiger partial charge in [-0.15, -0.1) is 0 Å². The molecule has 2 aromatic carbocycles. The van der Waals surface area contributed by atoms with Crippen LogP contribution in [0.5, 0.6) is 5.75 Å². The number of carbonyl (C=O) groups excluding carboxylic acids is 2. The summed E-state index contributed by atoms with van der Waals surface area (Å²) in [6, 6.07) is 19.6. The first-order valence-corrected chi connectivity index (χ1v) is 10.9. The smallest absolute Gasteiger partial charge is 0.260 e. The number of para-hydroxylation sites is 1. The Balaban J connectivity index is 1.46. The first kappa shape index (κ1) is 22.6. The van der Waals surface area contributed by atoms with Gasteiger partial charge in [0.15, 0.2) is 6.61 Å². The van der Waals surface area contributed by atoms with Crippen LogP contribution in [0.15, 0.2) is 66.2 Å². The van der Waals surface area contributed by atoms with Crippen LogP contribution in [0.3, 0.4) is 0 Å². The summed E-state index contributed by atoms with van der Waals surface area (Å²) in [5, 5.41) is 0. The first-order chi connectivity index (χ1) is 15.0. The highest BCUT2D eigenvalue weighted by molar-refractivity contribution is 5.78. The number of rotatable bonds is 8. The zero-order valence-corrected chi connectivity index (χ0v) is 18.5. The maximum Gasteiger partial charge on any atom is 0.260 e. The molecule has 5 heteroatoms. The van der Waals surface area contributed by atoms with Crippen LogP contribution in [0.2, 0.25) is 0 Å². The van der Waals surface area contributed by atoms with Gasteiger partial charge in [0.05, 0.1) is 0 Å². The van der Waals surface area contributed by atoms with Crippen molar-refractivity contribution in [2.75, 3.05) is 32.8 Å². The van der Waals surface area contributed by atoms with Crippen LogP contribution in [-0.4, -0.2) is 54.4 Å². The fourth-order valence-corrected chi connectivity index (χ4v) is 3.91. The van der Waals surface area contributed by atoms with Crippen molar-refractivity contribution in [3.63, 3.8) is 0 Å². The molecule has 0 aliphatic carbocycles. The molecule has 0 N–H and O–H groups in total. The minimum Gasteiger partial charge on any atom is -0.484 e. The minimum absolute atomic E-state index is 0.0207. The standard InChI is InChI=1S/C26H32N2O3/c1-21(17-23-9-5-3-6-10-23)18-28(22(2)29)19-24-13-15-27(16-14-24)26(30)20-31-25-11-7-4-8-12-25/h3-12,17,24H,13-16,18-20H2,1-2H3/b21-17+. The predicted octanol–water partition coefficient (Wildman–Crippen LogP) is 4.26. The van der Waals surface area contributed by atoms with Gasteiger partial charge in [-0.05, 0) is 43.4 Å². The number of piperidine rings is 1. The lowest BCUT2D eigenvalue weighted by Gasteiger charge is -2.34. The summed E-state index contributed by atoms with van der Waals surface area (Å²) < 4.78 is 5.59. The summed E-state index contributed by atoms with van der Waals surface area (Å²) in [6.07, 6.45) is 3.94. The molecule has 1 aliphatic rings. The highest BCUT2D eigenvalue weighted by atomic mass is 16.5. The van der Waals surface area contributed by atoms with E-state index in [1.165, 1.54) is 0 Å². The Bertz CT molecular complexity index is 872. The van der Waals surface area contributed by atoms with Crippen LogP contribution in [0.25, 0.3) is 6.08 Å². The van der Waals surface area contributed by atoms with E-state index in [9.17, 15) is 9.59 Å². The van der Waals surface area contributed by atoms with Crippen LogP contribution < -0.4 is 4.74 Å². The average Bonchev–Trinajstić information content (AvgIpc) is 2.79. The summed E-state index contributed by atoms with van der Waals surface area (Å²) in [6.45, 7) is 6.56. The Hall–Kier alpha value is -3.08. The van der Waals surface area contributed by atoms with Gasteiger partial charge in [-0.2, -0.15) is 0 Å². The van der Waals surface area contributed by atoms with Crippen molar-refractivity contribution in [2.45, 2.75) is 26.7 Å². The molecule has 1 fully saturated rings. The maximum absolute atomic E-state index is 12.5. The van der Waals surface area contributed by atoms with E-state index >= 15 is 0 Å². The SMILES string of the molecule is CC(=O)N(C/C(C)=C/c1ccccc1)CC1CCN(C(=O)COc2ccccc2)CC1. The van der Waals surface area contributed by atoms with Gasteiger partial charge in [-0.3, -0.25) is 9.59 Å². The Morgan fingerprint density at radius 2 is 1.61 bits per heavy atom. The van der Waals surface area contributed by atoms with E-state index in [0.717, 1.165) is 30.5 Å². The number of likely N-dealkylation sites (tertiary alicyclic amines) is 1. The van der Waals surface area contributed by atoms with Gasteiger partial charge in [0.2, 0.25) is 5.91 Å². The molecule has 31 heavy (non-hydrogen) atoms. The number of ether oxygens (including phenoxy) is 1. The Kier molecular flexibility index (Phi) is 8.27. The second-order valence-electron chi connectivity index (χ2n) is 8.23. The third kappa shape index (κ3) is 7.28. The highest BCUT2D eigenvalue weighted by Gasteiger charge is 2.25. The summed E-state index contributed by atoms with van der Waals surface area (Å²) in [5.74, 6) is 1.23. The molecule has 2 amide bonds. The molecule has 0 aromatic heterocycles. The van der Waals surface area contributed by atoms with Crippen molar-refractivity contribution in [3.05, 3.63) is 71.8 Å². The monoisotopic (exact) mass is 420 g/mol. The molecule has 3 rings (SSSR count). The Labute approximate surface area is 185 Å². The zero-order valence-electron chi connectivity index (χ0n) is 18.5. The van der Waals surface area contributed by atoms with Gasteiger partial charge in [-0.1, -0.05) is 60.2 Å². The van der Waals surface area contributed by atoms with E-state index < -0.39 is 0 Å². The third-order valence-corrected chi connectivity index (χ3v) is 5.65. The molecule has 0 atom stereocenters. The van der Waals surface area contributed by atoms with E-state index in [0.29, 0.717) is 31.3 Å². The molecule has 1 aliphatic heterocycles. The molecular weight excluding hydrogens is 388 g/mol. The van der Waals surface area contributed by atoms with Crippen LogP contribution in [0.4, 0.5) is 0 Å². The van der Waals surface area contributed by atoms with Crippen molar-refractivity contribution in [2.24, 2.45) is 5.92 Å². The third-order valence-electron chi connectivity index (χ3n) is 5.65. The molecule has 164 valence electrons. The lowest BCUT2D eigenvalue weighted by Crippen LogP contribution is -2.44. The van der Waals surface area contributed by atoms with Gasteiger partial charge in [0.1, 0.15) is 5.75 Å². The first-order valence-electron chi connectivity index (χ1n) is 10.9. The van der Waals surface area contributed by atoms with Crippen molar-refractivity contribution in [1.29, 1.82) is 0 Å². The summed E-state index contributed by atoms with van der Waals surface area (Å²) in [4.78, 5) is 28.5. The maximum atomic E-state index is 12.5. The van der Waals surface area contributed by atoms with E-state index in [1.54, 1.807) is 6.92 Å². The average molecular weight is 421 g/mol. The van der Waals surface area contributed by atoms with Gasteiger partial charge < -0.3 is 14.5 Å². The summed E-state index contributed by atoms with van der Waals surface area (Å²) >= 11 is 0. The fraction of sp³-hybridized carbons (Fsp3) is 0.385. The molecule has 1 heterocycles. The predicted molar refractivity (Wildman–Crippen MR) is 124 cm³/mol. The lowest BCUT2D eigenvalue weighted by atomic mass is 9.95. The van der Waals surface area contributed by atoms with E-state index in [1.807, 2.05) is 58.3 Å². The number of carbonyl (C=O) groups is 2. The van der Waals surface area contributed by atoms with Gasteiger partial charge in [-0.25, -0.2) is 0 Å². The Morgan fingerprint density at radius 1 is 1.00 bits per heavy atom. The van der Waals surface area contributed by atoms with Crippen molar-refractivity contribution >= 4 is 17.9 Å². The number of hydrogen-bond donors (Lipinski definition) is 0. The molecule has 0 radical (unpaired) electrons.